The smallest absolute Gasteiger partial charge is 0.493 e. The van der Waals surface area contributed by atoms with Crippen molar-refractivity contribution in [1.82, 2.24) is 0 Å². The number of halogens is 6. The minimum Gasteiger partial charge on any atom is -0.493 e. The van der Waals surface area contributed by atoms with Crippen molar-refractivity contribution in [2.45, 2.75) is 37.8 Å². The molecule has 0 aliphatic heterocycles. The zero-order valence-electron chi connectivity index (χ0n) is 38.5. The van der Waals surface area contributed by atoms with Crippen LogP contribution in [0.1, 0.15) is 49.4 Å². The Morgan fingerprint density at radius 2 is 0.904 bits per heavy atom. The third-order valence-corrected chi connectivity index (χ3v) is 11.0. The Hall–Kier alpha value is -8.62. The molecule has 0 aliphatic rings. The van der Waals surface area contributed by atoms with Crippen LogP contribution in [-0.2, 0) is 22.4 Å². The summed E-state index contributed by atoms with van der Waals surface area (Å²) in [5, 5.41) is 24.5. The number of carbonyl (C=O) groups excluding carboxylic acids is 4. The largest absolute Gasteiger partial charge is 0.573 e. The number of ether oxygens (including phenoxy) is 6. The third-order valence-electron chi connectivity index (χ3n) is 11.0. The maximum absolute atomic E-state index is 14.3. The number of allylic oxidation sites excluding steroid dienone is 1. The van der Waals surface area contributed by atoms with Crippen LogP contribution < -0.4 is 39.9 Å². The molecule has 20 heteroatoms. The number of benzene rings is 6. The van der Waals surface area contributed by atoms with Crippen molar-refractivity contribution in [3.63, 3.8) is 0 Å². The Balaban J connectivity index is 1.26. The average molecular weight is 1010 g/mol. The predicted octanol–water partition coefficient (Wildman–Crippen LogP) is 9.51. The first-order valence-corrected chi connectivity index (χ1v) is 21.5. The highest BCUT2D eigenvalue weighted by Crippen LogP contribution is 2.43. The molecule has 0 radical (unpaired) electrons. The van der Waals surface area contributed by atoms with Crippen molar-refractivity contribution in [2.24, 2.45) is 5.41 Å². The summed E-state index contributed by atoms with van der Waals surface area (Å²) in [4.78, 5) is 54.2. The van der Waals surface area contributed by atoms with Crippen LogP contribution in [-0.4, -0.2) is 66.4 Å². The summed E-state index contributed by atoms with van der Waals surface area (Å²) >= 11 is 0. The first-order valence-electron chi connectivity index (χ1n) is 21.5. The number of nitrogens with two attached hydrogens (primary N) is 2. The Kier molecular flexibility index (Phi) is 16.7. The van der Waals surface area contributed by atoms with Gasteiger partial charge in [0, 0.05) is 23.2 Å². The second kappa shape index (κ2) is 22.6. The molecule has 0 amide bonds. The molecular weight excluding hydrogens is 971 g/mol. The van der Waals surface area contributed by atoms with Gasteiger partial charge in [-0.15, -0.1) is 26.3 Å². The number of hydrogen-bond acceptors (Lipinski definition) is 14. The van der Waals surface area contributed by atoms with Crippen LogP contribution in [0.2, 0.25) is 0 Å². The zero-order valence-corrected chi connectivity index (χ0v) is 38.5. The van der Waals surface area contributed by atoms with E-state index in [1.807, 2.05) is 0 Å². The quantitative estimate of drug-likeness (QED) is 0.0140. The second-order valence-electron chi connectivity index (χ2n) is 16.2. The molecule has 0 aliphatic carbocycles. The SMILES string of the molecule is COc1cc(/C=C/C(=O)CC(Cc2ccc(N)cc2)(Cc2ccc(N)cc2)C(O)(O)C(=O)/C=C/c2ccc(OC(=O)c3ccc(OC(F)(F)F)cc3)c(OC)c2)ccc1OC(=O)c1ccc(OC(F)(F)F)cc1. The van der Waals surface area contributed by atoms with Crippen molar-refractivity contribution in [1.29, 1.82) is 0 Å². The molecule has 14 nitrogen and oxygen atoms in total. The first-order chi connectivity index (χ1) is 34.4. The van der Waals surface area contributed by atoms with E-state index >= 15 is 0 Å². The lowest BCUT2D eigenvalue weighted by Gasteiger charge is -2.42. The maximum atomic E-state index is 14.3. The standard InChI is InChI=1S/C53H44F6N2O12/c1-68-45-27-32(8-24-43(45)70-48(64)36-11-20-41(21-12-36)72-52(54,55)56)7-19-40(62)31-50(29-34-3-15-38(60)16-4-34,30-35-5-17-39(61)18-6-35)51(66,67)47(63)26-10-33-9-25-44(46(28-33)69-2)71-49(65)37-13-22-42(23-14-37)73-53(57,58)59/h3-28,66-67H,29-31,60-61H2,1-2H3/b19-7+,26-10+. The maximum Gasteiger partial charge on any atom is 0.573 e. The lowest BCUT2D eigenvalue weighted by Crippen LogP contribution is -2.57. The van der Waals surface area contributed by atoms with E-state index < -0.39 is 65.4 Å². The van der Waals surface area contributed by atoms with Gasteiger partial charge in [-0.2, -0.15) is 0 Å². The topological polar surface area (TPSA) is 216 Å². The molecule has 6 aromatic carbocycles. The van der Waals surface area contributed by atoms with Gasteiger partial charge < -0.3 is 50.1 Å². The molecule has 0 saturated heterocycles. The van der Waals surface area contributed by atoms with Crippen molar-refractivity contribution in [2.75, 3.05) is 25.7 Å². The van der Waals surface area contributed by atoms with Crippen LogP contribution >= 0.6 is 0 Å². The van der Waals surface area contributed by atoms with Gasteiger partial charge in [-0.05, 0) is 144 Å². The molecule has 0 aromatic heterocycles. The predicted molar refractivity (Wildman–Crippen MR) is 254 cm³/mol. The van der Waals surface area contributed by atoms with Gasteiger partial charge in [0.2, 0.25) is 11.6 Å². The summed E-state index contributed by atoms with van der Waals surface area (Å²) < 4.78 is 105. The van der Waals surface area contributed by atoms with Gasteiger partial charge in [0.15, 0.2) is 28.8 Å². The van der Waals surface area contributed by atoms with Crippen LogP contribution in [0.15, 0.2) is 146 Å². The number of anilines is 2. The van der Waals surface area contributed by atoms with E-state index in [1.54, 1.807) is 48.5 Å². The molecule has 0 saturated carbocycles. The number of alkyl halides is 6. The molecule has 0 atom stereocenters. The average Bonchev–Trinajstić information content (AvgIpc) is 3.33. The molecule has 0 heterocycles. The summed E-state index contributed by atoms with van der Waals surface area (Å²) in [6.45, 7) is 0. The number of hydrogen-bond donors (Lipinski definition) is 4. The van der Waals surface area contributed by atoms with Gasteiger partial charge in [-0.25, -0.2) is 9.59 Å². The molecule has 6 N–H and O–H groups in total. The van der Waals surface area contributed by atoms with Crippen LogP contribution in [0.5, 0.6) is 34.5 Å². The molecule has 380 valence electrons. The van der Waals surface area contributed by atoms with E-state index in [1.165, 1.54) is 62.8 Å². The molecule has 0 spiro atoms. The lowest BCUT2D eigenvalue weighted by atomic mass is 9.65. The molecule has 0 unspecified atom stereocenters. The van der Waals surface area contributed by atoms with Crippen LogP contribution in [0.25, 0.3) is 12.2 Å². The highest BCUT2D eigenvalue weighted by atomic mass is 19.4. The Morgan fingerprint density at radius 3 is 1.27 bits per heavy atom. The van der Waals surface area contributed by atoms with Gasteiger partial charge in [0.05, 0.1) is 25.3 Å². The van der Waals surface area contributed by atoms with Gasteiger partial charge in [0.25, 0.3) is 0 Å². The number of aliphatic hydroxyl groups is 2. The van der Waals surface area contributed by atoms with Crippen LogP contribution in [0.3, 0.4) is 0 Å². The van der Waals surface area contributed by atoms with E-state index in [9.17, 15) is 55.7 Å². The molecule has 6 aromatic rings. The summed E-state index contributed by atoms with van der Waals surface area (Å²) in [5.41, 5.74) is 12.0. The van der Waals surface area contributed by atoms with E-state index in [2.05, 4.69) is 9.47 Å². The first kappa shape index (κ1) is 53.7. The number of nitrogen functional groups attached to an aromatic ring is 2. The Labute approximate surface area is 412 Å². The van der Waals surface area contributed by atoms with Crippen molar-refractivity contribution < 1.29 is 84.2 Å². The Bertz CT molecular complexity index is 2940. The van der Waals surface area contributed by atoms with Crippen LogP contribution in [0, 0.1) is 5.41 Å². The second-order valence-corrected chi connectivity index (χ2v) is 16.2. The van der Waals surface area contributed by atoms with Crippen molar-refractivity contribution >= 4 is 47.0 Å². The number of carbonyl (C=O) groups is 4. The minimum absolute atomic E-state index is 0.0157. The lowest BCUT2D eigenvalue weighted by molar-refractivity contribution is -0.275. The third kappa shape index (κ3) is 14.7. The number of esters is 2. The number of ketones is 2. The van der Waals surface area contributed by atoms with Gasteiger partial charge >= 0.3 is 24.7 Å². The fourth-order valence-electron chi connectivity index (χ4n) is 7.39. The molecule has 0 bridgehead atoms. The monoisotopic (exact) mass is 1010 g/mol. The zero-order chi connectivity index (χ0) is 53.1. The normalized spacial score (nSPS) is 12.1. The molecule has 0 fully saturated rings. The fourth-order valence-corrected chi connectivity index (χ4v) is 7.39. The molecule has 73 heavy (non-hydrogen) atoms. The van der Waals surface area contributed by atoms with Crippen LogP contribution in [0.4, 0.5) is 37.7 Å². The number of rotatable bonds is 20. The fraction of sp³-hybridized carbons (Fsp3) is 0.170. The summed E-state index contributed by atoms with van der Waals surface area (Å²) in [6, 6.07) is 29.1. The van der Waals surface area contributed by atoms with Crippen molar-refractivity contribution in [3.8, 4) is 34.5 Å². The van der Waals surface area contributed by atoms with E-state index in [0.717, 1.165) is 60.7 Å². The van der Waals surface area contributed by atoms with Crippen molar-refractivity contribution in [3.05, 3.63) is 179 Å². The Morgan fingerprint density at radius 1 is 0.521 bits per heavy atom. The minimum atomic E-state index is -4.94. The van der Waals surface area contributed by atoms with Gasteiger partial charge in [-0.1, -0.05) is 48.6 Å². The molecular formula is C53H44F6N2O12. The summed E-state index contributed by atoms with van der Waals surface area (Å²) in [5.74, 6) is -8.32. The highest BCUT2D eigenvalue weighted by Gasteiger charge is 2.54. The summed E-state index contributed by atoms with van der Waals surface area (Å²) in [6.07, 6.45) is -6.38. The highest BCUT2D eigenvalue weighted by molar-refractivity contribution is 6.01. The van der Waals surface area contributed by atoms with E-state index in [4.69, 9.17) is 30.4 Å². The van der Waals surface area contributed by atoms with E-state index in [-0.39, 0.29) is 52.5 Å². The summed E-state index contributed by atoms with van der Waals surface area (Å²) in [7, 11) is 2.54. The van der Waals surface area contributed by atoms with Gasteiger partial charge in [-0.3, -0.25) is 9.59 Å². The van der Waals surface area contributed by atoms with Gasteiger partial charge in [0.1, 0.15) is 11.5 Å². The number of methoxy groups -OCH3 is 2. The molecule has 6 rings (SSSR count). The van der Waals surface area contributed by atoms with E-state index in [0.29, 0.717) is 28.1 Å².